The van der Waals surface area contributed by atoms with Crippen molar-refractivity contribution in [2.24, 2.45) is 0 Å². The molecular formula is C17H15ClN2O4S2. The molecule has 0 atom stereocenters. The van der Waals surface area contributed by atoms with E-state index in [1.165, 1.54) is 49.4 Å². The van der Waals surface area contributed by atoms with Gasteiger partial charge in [-0.15, -0.1) is 11.3 Å². The first-order valence-corrected chi connectivity index (χ1v) is 10.3. The number of nitrogens with zero attached hydrogens (tertiary/aromatic N) is 1. The molecule has 0 saturated heterocycles. The summed E-state index contributed by atoms with van der Waals surface area (Å²) in [6, 6.07) is 11.0. The van der Waals surface area contributed by atoms with Gasteiger partial charge in [0.15, 0.2) is 9.84 Å². The number of halogens is 1. The summed E-state index contributed by atoms with van der Waals surface area (Å²) in [5.74, 6) is -0.640. The maximum atomic E-state index is 12.8. The SMILES string of the molecule is CC(C)(C(=O)Nc1cc(-c2cccs2)no1)S(=O)(=O)c1ccc(Cl)cc1. The third-order valence-electron chi connectivity index (χ3n) is 3.86. The molecule has 1 amide bonds. The number of hydrogen-bond donors (Lipinski definition) is 1. The van der Waals surface area contributed by atoms with E-state index in [9.17, 15) is 13.2 Å². The van der Waals surface area contributed by atoms with Crippen LogP contribution >= 0.6 is 22.9 Å². The van der Waals surface area contributed by atoms with Crippen molar-refractivity contribution in [3.63, 3.8) is 0 Å². The minimum Gasteiger partial charge on any atom is -0.338 e. The van der Waals surface area contributed by atoms with Gasteiger partial charge in [0.1, 0.15) is 10.4 Å². The summed E-state index contributed by atoms with van der Waals surface area (Å²) in [7, 11) is -3.94. The zero-order chi connectivity index (χ0) is 18.9. The lowest BCUT2D eigenvalue weighted by molar-refractivity contribution is -0.118. The van der Waals surface area contributed by atoms with Gasteiger partial charge in [-0.1, -0.05) is 22.8 Å². The third-order valence-corrected chi connectivity index (χ3v) is 7.43. The quantitative estimate of drug-likeness (QED) is 0.679. The molecule has 0 spiro atoms. The van der Waals surface area contributed by atoms with Crippen molar-refractivity contribution in [3.8, 4) is 10.6 Å². The zero-order valence-corrected chi connectivity index (χ0v) is 16.3. The van der Waals surface area contributed by atoms with E-state index in [0.717, 1.165) is 4.88 Å². The fourth-order valence-corrected chi connectivity index (χ4v) is 4.35. The molecule has 0 saturated carbocycles. The van der Waals surface area contributed by atoms with E-state index in [1.807, 2.05) is 17.5 Å². The predicted octanol–water partition coefficient (Wildman–Crippen LogP) is 4.25. The first-order valence-electron chi connectivity index (χ1n) is 7.54. The van der Waals surface area contributed by atoms with Crippen LogP contribution in [0, 0.1) is 0 Å². The van der Waals surface area contributed by atoms with Crippen molar-refractivity contribution < 1.29 is 17.7 Å². The van der Waals surface area contributed by atoms with Crippen LogP contribution in [0.15, 0.2) is 57.3 Å². The molecule has 0 aliphatic heterocycles. The van der Waals surface area contributed by atoms with Crippen LogP contribution in [-0.4, -0.2) is 24.2 Å². The van der Waals surface area contributed by atoms with E-state index in [1.54, 1.807) is 6.07 Å². The minimum absolute atomic E-state index is 0.0129. The van der Waals surface area contributed by atoms with Gasteiger partial charge in [0.25, 0.3) is 0 Å². The highest BCUT2D eigenvalue weighted by atomic mass is 35.5. The number of rotatable bonds is 5. The Balaban J connectivity index is 1.83. The second kappa shape index (κ2) is 6.86. The summed E-state index contributed by atoms with van der Waals surface area (Å²) in [4.78, 5) is 13.5. The number of benzene rings is 1. The Hall–Kier alpha value is -2.16. The van der Waals surface area contributed by atoms with Crippen LogP contribution in [0.1, 0.15) is 13.8 Å². The van der Waals surface area contributed by atoms with E-state index in [2.05, 4.69) is 10.5 Å². The van der Waals surface area contributed by atoms with Gasteiger partial charge in [0, 0.05) is 11.1 Å². The molecule has 0 aliphatic carbocycles. The third kappa shape index (κ3) is 3.40. The molecule has 2 aromatic heterocycles. The molecule has 0 unspecified atom stereocenters. The summed E-state index contributed by atoms with van der Waals surface area (Å²) in [5.41, 5.74) is 0.564. The van der Waals surface area contributed by atoms with Gasteiger partial charge in [0.2, 0.25) is 11.8 Å². The van der Waals surface area contributed by atoms with E-state index >= 15 is 0 Å². The molecule has 136 valence electrons. The van der Waals surface area contributed by atoms with E-state index in [4.69, 9.17) is 16.1 Å². The van der Waals surface area contributed by atoms with Crippen molar-refractivity contribution in [2.45, 2.75) is 23.5 Å². The lowest BCUT2D eigenvalue weighted by Gasteiger charge is -2.23. The standard InChI is InChI=1S/C17H15ClN2O4S2/c1-17(2,26(22,23)12-7-5-11(18)6-8-12)16(21)19-15-10-13(20-24-15)14-4-3-9-25-14/h3-10H,1-2H3,(H,19,21). The van der Waals surface area contributed by atoms with Crippen molar-refractivity contribution in [1.29, 1.82) is 0 Å². The molecule has 0 fully saturated rings. The molecule has 3 rings (SSSR count). The molecule has 1 aromatic carbocycles. The summed E-state index contributed by atoms with van der Waals surface area (Å²) in [5, 5.41) is 8.67. The first-order chi connectivity index (χ1) is 12.2. The molecule has 0 aliphatic rings. The second-order valence-electron chi connectivity index (χ2n) is 5.98. The van der Waals surface area contributed by atoms with Gasteiger partial charge in [-0.2, -0.15) is 0 Å². The molecular weight excluding hydrogens is 396 g/mol. The fraction of sp³-hybridized carbons (Fsp3) is 0.176. The van der Waals surface area contributed by atoms with Crippen LogP contribution in [0.3, 0.4) is 0 Å². The van der Waals surface area contributed by atoms with Gasteiger partial charge in [0.05, 0.1) is 9.77 Å². The van der Waals surface area contributed by atoms with Crippen molar-refractivity contribution >= 4 is 44.6 Å². The number of carbonyl (C=O) groups excluding carboxylic acids is 1. The number of aromatic nitrogens is 1. The Kier molecular flexibility index (Phi) is 4.92. The van der Waals surface area contributed by atoms with Crippen molar-refractivity contribution in [2.75, 3.05) is 5.32 Å². The molecule has 1 N–H and O–H groups in total. The summed E-state index contributed by atoms with van der Waals surface area (Å²) in [6.07, 6.45) is 0. The molecule has 2 heterocycles. The number of sulfone groups is 1. The van der Waals surface area contributed by atoms with Gasteiger partial charge in [-0.3, -0.25) is 10.1 Å². The largest absolute Gasteiger partial charge is 0.338 e. The first kappa shape index (κ1) is 18.6. The lowest BCUT2D eigenvalue weighted by Crippen LogP contribution is -2.44. The van der Waals surface area contributed by atoms with E-state index < -0.39 is 20.5 Å². The Morgan fingerprint density at radius 2 is 1.92 bits per heavy atom. The average Bonchev–Trinajstić information content (AvgIpc) is 3.26. The predicted molar refractivity (Wildman–Crippen MR) is 101 cm³/mol. The number of amides is 1. The molecule has 9 heteroatoms. The van der Waals surface area contributed by atoms with Crippen LogP contribution in [-0.2, 0) is 14.6 Å². The van der Waals surface area contributed by atoms with Gasteiger partial charge >= 0.3 is 0 Å². The maximum absolute atomic E-state index is 12.8. The highest BCUT2D eigenvalue weighted by molar-refractivity contribution is 7.93. The Morgan fingerprint density at radius 1 is 1.23 bits per heavy atom. The van der Waals surface area contributed by atoms with Gasteiger partial charge < -0.3 is 4.52 Å². The van der Waals surface area contributed by atoms with Crippen LogP contribution < -0.4 is 5.32 Å². The number of anilines is 1. The molecule has 3 aromatic rings. The highest BCUT2D eigenvalue weighted by Crippen LogP contribution is 2.29. The molecule has 0 radical (unpaired) electrons. The maximum Gasteiger partial charge on any atom is 0.248 e. The Morgan fingerprint density at radius 3 is 2.54 bits per heavy atom. The monoisotopic (exact) mass is 410 g/mol. The number of hydrogen-bond acceptors (Lipinski definition) is 6. The molecule has 26 heavy (non-hydrogen) atoms. The Labute approximate surface area is 159 Å². The highest BCUT2D eigenvalue weighted by Gasteiger charge is 2.43. The van der Waals surface area contributed by atoms with E-state index in [0.29, 0.717) is 10.7 Å². The van der Waals surface area contributed by atoms with Crippen LogP contribution in [0.5, 0.6) is 0 Å². The number of thiophene rings is 1. The van der Waals surface area contributed by atoms with Gasteiger partial charge in [-0.25, -0.2) is 8.42 Å². The normalized spacial score (nSPS) is 12.1. The zero-order valence-electron chi connectivity index (χ0n) is 13.9. The number of nitrogens with one attached hydrogen (secondary N) is 1. The summed E-state index contributed by atoms with van der Waals surface area (Å²) in [6.45, 7) is 2.67. The van der Waals surface area contributed by atoms with Crippen LogP contribution in [0.25, 0.3) is 10.6 Å². The second-order valence-corrected chi connectivity index (χ2v) is 9.86. The average molecular weight is 411 g/mol. The topological polar surface area (TPSA) is 89.3 Å². The van der Waals surface area contributed by atoms with Crippen molar-refractivity contribution in [3.05, 3.63) is 52.9 Å². The van der Waals surface area contributed by atoms with Crippen LogP contribution in [0.2, 0.25) is 5.02 Å². The fourth-order valence-electron chi connectivity index (χ4n) is 2.17. The molecule has 6 nitrogen and oxygen atoms in total. The van der Waals surface area contributed by atoms with Gasteiger partial charge in [-0.05, 0) is 49.6 Å². The number of carbonyl (C=O) groups is 1. The molecule has 0 bridgehead atoms. The van der Waals surface area contributed by atoms with Crippen LogP contribution in [0.4, 0.5) is 5.88 Å². The van der Waals surface area contributed by atoms with Crippen molar-refractivity contribution in [1.82, 2.24) is 5.16 Å². The summed E-state index contributed by atoms with van der Waals surface area (Å²) >= 11 is 7.27. The lowest BCUT2D eigenvalue weighted by atomic mass is 10.2. The minimum atomic E-state index is -3.94. The Bertz CT molecular complexity index is 1020. The summed E-state index contributed by atoms with van der Waals surface area (Å²) < 4.78 is 29.1. The van der Waals surface area contributed by atoms with E-state index in [-0.39, 0.29) is 10.8 Å². The smallest absolute Gasteiger partial charge is 0.248 e.